The third-order valence-corrected chi connectivity index (χ3v) is 5.93. The van der Waals surface area contributed by atoms with Crippen LogP contribution in [0.15, 0.2) is 9.95 Å². The standard InChI is InChI=1S/C9H15N3O4S2/c1-2-3-12-8(14)10-11-9(12)17-7-5-18(15,16)4-6(7)13/h6-7,13H,2-5H2,1H3,(H,10,14). The van der Waals surface area contributed by atoms with Crippen molar-refractivity contribution in [1.29, 1.82) is 0 Å². The molecule has 7 nitrogen and oxygen atoms in total. The van der Waals surface area contributed by atoms with E-state index in [1.165, 1.54) is 4.57 Å². The summed E-state index contributed by atoms with van der Waals surface area (Å²) in [6.45, 7) is 2.45. The Labute approximate surface area is 109 Å². The molecule has 0 spiro atoms. The largest absolute Gasteiger partial charge is 0.391 e. The van der Waals surface area contributed by atoms with Crippen LogP contribution in [0.5, 0.6) is 0 Å². The minimum absolute atomic E-state index is 0.0774. The van der Waals surface area contributed by atoms with Crippen molar-refractivity contribution in [3.8, 4) is 0 Å². The van der Waals surface area contributed by atoms with Crippen LogP contribution in [-0.4, -0.2) is 51.1 Å². The van der Waals surface area contributed by atoms with E-state index in [2.05, 4.69) is 10.2 Å². The summed E-state index contributed by atoms with van der Waals surface area (Å²) >= 11 is 1.14. The number of sulfone groups is 1. The molecular formula is C9H15N3O4S2. The molecular weight excluding hydrogens is 278 g/mol. The highest BCUT2D eigenvalue weighted by Gasteiger charge is 2.38. The van der Waals surface area contributed by atoms with Gasteiger partial charge in [0.25, 0.3) is 0 Å². The summed E-state index contributed by atoms with van der Waals surface area (Å²) in [5, 5.41) is 15.9. The lowest BCUT2D eigenvalue weighted by molar-refractivity contribution is 0.207. The van der Waals surface area contributed by atoms with Gasteiger partial charge in [0, 0.05) is 6.54 Å². The molecule has 1 fully saturated rings. The van der Waals surface area contributed by atoms with Gasteiger partial charge in [-0.3, -0.25) is 4.57 Å². The van der Waals surface area contributed by atoms with E-state index in [4.69, 9.17) is 0 Å². The number of aliphatic hydroxyl groups is 1. The second-order valence-electron chi connectivity index (χ2n) is 4.26. The maximum Gasteiger partial charge on any atom is 0.343 e. The number of nitrogens with one attached hydrogen (secondary N) is 1. The number of hydrogen-bond donors (Lipinski definition) is 2. The number of rotatable bonds is 4. The molecule has 1 saturated heterocycles. The fourth-order valence-electron chi connectivity index (χ4n) is 1.86. The van der Waals surface area contributed by atoms with E-state index in [1.807, 2.05) is 6.92 Å². The first-order valence-corrected chi connectivity index (χ1v) is 8.33. The molecule has 18 heavy (non-hydrogen) atoms. The molecule has 102 valence electrons. The van der Waals surface area contributed by atoms with Crippen LogP contribution in [0.1, 0.15) is 13.3 Å². The molecule has 1 aliphatic rings. The predicted molar refractivity (Wildman–Crippen MR) is 67.4 cm³/mol. The van der Waals surface area contributed by atoms with Gasteiger partial charge >= 0.3 is 5.69 Å². The summed E-state index contributed by atoms with van der Waals surface area (Å²) in [6.07, 6.45) is -0.125. The molecule has 1 aromatic heterocycles. The number of H-pyrrole nitrogens is 1. The first-order valence-electron chi connectivity index (χ1n) is 5.63. The molecule has 0 bridgehead atoms. The van der Waals surface area contributed by atoms with Gasteiger partial charge in [0.05, 0.1) is 22.9 Å². The highest BCUT2D eigenvalue weighted by molar-refractivity contribution is 8.01. The Morgan fingerprint density at radius 3 is 2.83 bits per heavy atom. The first kappa shape index (κ1) is 13.6. The van der Waals surface area contributed by atoms with Crippen LogP contribution in [0.4, 0.5) is 0 Å². The highest BCUT2D eigenvalue weighted by atomic mass is 32.2. The lowest BCUT2D eigenvalue weighted by Gasteiger charge is -2.11. The maximum atomic E-state index is 11.5. The van der Waals surface area contributed by atoms with Gasteiger partial charge in [-0.2, -0.15) is 0 Å². The highest BCUT2D eigenvalue weighted by Crippen LogP contribution is 2.29. The molecule has 2 rings (SSSR count). The number of nitrogens with zero attached hydrogens (tertiary/aromatic N) is 2. The molecule has 2 unspecified atom stereocenters. The van der Waals surface area contributed by atoms with E-state index in [1.54, 1.807) is 0 Å². The normalized spacial score (nSPS) is 26.6. The van der Waals surface area contributed by atoms with E-state index >= 15 is 0 Å². The van der Waals surface area contributed by atoms with E-state index in [-0.39, 0.29) is 17.2 Å². The van der Waals surface area contributed by atoms with Crippen LogP contribution < -0.4 is 5.69 Å². The van der Waals surface area contributed by atoms with Gasteiger partial charge in [-0.15, -0.1) is 5.10 Å². The van der Waals surface area contributed by atoms with Gasteiger partial charge in [0.2, 0.25) is 0 Å². The van der Waals surface area contributed by atoms with Crippen LogP contribution in [0.3, 0.4) is 0 Å². The lowest BCUT2D eigenvalue weighted by Crippen LogP contribution is -2.22. The number of aromatic nitrogens is 3. The Morgan fingerprint density at radius 1 is 1.56 bits per heavy atom. The van der Waals surface area contributed by atoms with Crippen LogP contribution in [0.2, 0.25) is 0 Å². The van der Waals surface area contributed by atoms with Crippen molar-refractivity contribution < 1.29 is 13.5 Å². The van der Waals surface area contributed by atoms with Crippen molar-refractivity contribution in [3.63, 3.8) is 0 Å². The molecule has 0 amide bonds. The topological polar surface area (TPSA) is 105 Å². The SMILES string of the molecule is CCCn1c(SC2CS(=O)(=O)CC2O)n[nH]c1=O. The second-order valence-corrected chi connectivity index (χ2v) is 7.62. The fraction of sp³-hybridized carbons (Fsp3) is 0.778. The zero-order chi connectivity index (χ0) is 13.3. The molecule has 0 saturated carbocycles. The fourth-order valence-corrected chi connectivity index (χ4v) is 5.41. The second kappa shape index (κ2) is 5.06. The van der Waals surface area contributed by atoms with E-state index in [0.717, 1.165) is 18.2 Å². The Morgan fingerprint density at radius 2 is 2.28 bits per heavy atom. The summed E-state index contributed by atoms with van der Waals surface area (Å²) in [7, 11) is -3.18. The molecule has 2 N–H and O–H groups in total. The predicted octanol–water partition coefficient (Wildman–Crippen LogP) is -0.769. The minimum atomic E-state index is -3.18. The van der Waals surface area contributed by atoms with Gasteiger partial charge in [-0.25, -0.2) is 18.3 Å². The van der Waals surface area contributed by atoms with Crippen molar-refractivity contribution in [2.75, 3.05) is 11.5 Å². The summed E-state index contributed by atoms with van der Waals surface area (Å²) in [6, 6.07) is 0. The molecule has 2 heterocycles. The number of aliphatic hydroxyl groups excluding tert-OH is 1. The van der Waals surface area contributed by atoms with Crippen molar-refractivity contribution >= 4 is 21.6 Å². The van der Waals surface area contributed by atoms with Crippen molar-refractivity contribution in [3.05, 3.63) is 10.5 Å². The zero-order valence-corrected chi connectivity index (χ0v) is 11.5. The Kier molecular flexibility index (Phi) is 3.83. The third kappa shape index (κ3) is 2.78. The average molecular weight is 293 g/mol. The lowest BCUT2D eigenvalue weighted by atomic mass is 10.3. The van der Waals surface area contributed by atoms with Gasteiger partial charge in [-0.05, 0) is 6.42 Å². The van der Waals surface area contributed by atoms with Crippen molar-refractivity contribution in [2.24, 2.45) is 0 Å². The number of aromatic amines is 1. The van der Waals surface area contributed by atoms with E-state index < -0.39 is 21.2 Å². The van der Waals surface area contributed by atoms with Crippen LogP contribution in [0.25, 0.3) is 0 Å². The Hall–Kier alpha value is -0.800. The summed E-state index contributed by atoms with van der Waals surface area (Å²) in [5.74, 6) is -0.293. The third-order valence-electron chi connectivity index (χ3n) is 2.70. The quantitative estimate of drug-likeness (QED) is 0.755. The van der Waals surface area contributed by atoms with E-state index in [0.29, 0.717) is 11.7 Å². The smallest absolute Gasteiger partial charge is 0.343 e. The van der Waals surface area contributed by atoms with Crippen molar-refractivity contribution in [1.82, 2.24) is 14.8 Å². The molecule has 1 aromatic rings. The zero-order valence-electron chi connectivity index (χ0n) is 9.87. The molecule has 0 aliphatic carbocycles. The van der Waals surface area contributed by atoms with Gasteiger partial charge < -0.3 is 5.11 Å². The summed E-state index contributed by atoms with van der Waals surface area (Å²) in [4.78, 5) is 11.5. The average Bonchev–Trinajstić information content (AvgIpc) is 2.72. The monoisotopic (exact) mass is 293 g/mol. The molecule has 0 aromatic carbocycles. The molecule has 1 aliphatic heterocycles. The Bertz CT molecular complexity index is 577. The van der Waals surface area contributed by atoms with E-state index in [9.17, 15) is 18.3 Å². The number of thioether (sulfide) groups is 1. The molecule has 9 heteroatoms. The van der Waals surface area contributed by atoms with Crippen LogP contribution >= 0.6 is 11.8 Å². The Balaban J connectivity index is 2.17. The van der Waals surface area contributed by atoms with Gasteiger partial charge in [0.1, 0.15) is 0 Å². The maximum absolute atomic E-state index is 11.5. The van der Waals surface area contributed by atoms with Gasteiger partial charge in [-0.1, -0.05) is 18.7 Å². The summed E-state index contributed by atoms with van der Waals surface area (Å²) in [5.41, 5.74) is -0.310. The summed E-state index contributed by atoms with van der Waals surface area (Å²) < 4.78 is 24.2. The van der Waals surface area contributed by atoms with Crippen LogP contribution in [0, 0.1) is 0 Å². The molecule has 2 atom stereocenters. The van der Waals surface area contributed by atoms with Crippen molar-refractivity contribution in [2.45, 2.75) is 36.4 Å². The minimum Gasteiger partial charge on any atom is -0.391 e. The van der Waals surface area contributed by atoms with Crippen LogP contribution in [-0.2, 0) is 16.4 Å². The van der Waals surface area contributed by atoms with Gasteiger partial charge in [0.15, 0.2) is 15.0 Å². The first-order chi connectivity index (χ1) is 8.43. The molecule has 0 radical (unpaired) electrons. The number of hydrogen-bond acceptors (Lipinski definition) is 6.